The molecule has 0 aliphatic rings. The van der Waals surface area contributed by atoms with Crippen LogP contribution < -0.4 is 5.32 Å². The molecule has 0 aliphatic heterocycles. The Hall–Kier alpha value is -2.74. The first-order valence-electron chi connectivity index (χ1n) is 10.4. The summed E-state index contributed by atoms with van der Waals surface area (Å²) in [5.74, 6) is 0. The number of carbonyl (C=O) groups is 1. The van der Waals surface area contributed by atoms with Gasteiger partial charge in [0.25, 0.3) is 0 Å². The van der Waals surface area contributed by atoms with Crippen molar-refractivity contribution in [1.82, 2.24) is 9.47 Å². The molecule has 0 aliphatic carbocycles. The van der Waals surface area contributed by atoms with Gasteiger partial charge in [-0.2, -0.15) is 0 Å². The Kier molecular flexibility index (Phi) is 7.19. The Morgan fingerprint density at radius 1 is 1.16 bits per heavy atom. The van der Waals surface area contributed by atoms with Gasteiger partial charge < -0.3 is 19.5 Å². The van der Waals surface area contributed by atoms with Crippen molar-refractivity contribution < 1.29 is 9.53 Å². The van der Waals surface area contributed by atoms with Gasteiger partial charge in [-0.3, -0.25) is 0 Å². The highest BCUT2D eigenvalue weighted by Crippen LogP contribution is 2.36. The van der Waals surface area contributed by atoms with Crippen LogP contribution in [0, 0.1) is 0 Å². The zero-order valence-corrected chi connectivity index (χ0v) is 20.1. The number of hydrogen-bond donors (Lipinski definition) is 1. The van der Waals surface area contributed by atoms with Gasteiger partial charge >= 0.3 is 6.03 Å². The maximum Gasteiger partial charge on any atom is 0.322 e. The number of amides is 2. The van der Waals surface area contributed by atoms with Crippen LogP contribution >= 0.6 is 23.1 Å². The lowest BCUT2D eigenvalue weighted by molar-refractivity contribution is 0.153. The third-order valence-corrected chi connectivity index (χ3v) is 7.09. The minimum Gasteiger partial charge on any atom is -0.383 e. The number of fused-ring (bicyclic) bond motifs is 1. The summed E-state index contributed by atoms with van der Waals surface area (Å²) in [6.07, 6.45) is 2.03. The molecule has 32 heavy (non-hydrogen) atoms. The third kappa shape index (κ3) is 4.70. The molecule has 0 unspecified atom stereocenters. The number of nitrogens with one attached hydrogen (secondary N) is 1. The fourth-order valence-corrected chi connectivity index (χ4v) is 5.20. The van der Waals surface area contributed by atoms with Gasteiger partial charge in [0.05, 0.1) is 23.7 Å². The van der Waals surface area contributed by atoms with E-state index in [4.69, 9.17) is 4.74 Å². The maximum atomic E-state index is 13.3. The average molecular weight is 466 g/mol. The average Bonchev–Trinajstić information content (AvgIpc) is 3.43. The van der Waals surface area contributed by atoms with Gasteiger partial charge in [-0.25, -0.2) is 4.79 Å². The predicted molar refractivity (Wildman–Crippen MR) is 136 cm³/mol. The zero-order valence-electron chi connectivity index (χ0n) is 18.5. The lowest BCUT2D eigenvalue weighted by Gasteiger charge is -2.23. The number of urea groups is 1. The van der Waals surface area contributed by atoms with Crippen LogP contribution in [0.4, 0.5) is 10.5 Å². The van der Waals surface area contributed by atoms with Crippen molar-refractivity contribution in [2.75, 3.05) is 31.8 Å². The van der Waals surface area contributed by atoms with E-state index < -0.39 is 0 Å². The van der Waals surface area contributed by atoms with Crippen molar-refractivity contribution in [3.8, 4) is 10.6 Å². The predicted octanol–water partition coefficient (Wildman–Crippen LogP) is 6.31. The number of para-hydroxylation sites is 1. The second kappa shape index (κ2) is 10.3. The molecule has 0 bridgehead atoms. The van der Waals surface area contributed by atoms with E-state index in [0.717, 1.165) is 32.7 Å². The van der Waals surface area contributed by atoms with Crippen LogP contribution in [0.3, 0.4) is 0 Å². The largest absolute Gasteiger partial charge is 0.383 e. The second-order valence-corrected chi connectivity index (χ2v) is 9.28. The number of hydrogen-bond acceptors (Lipinski definition) is 4. The summed E-state index contributed by atoms with van der Waals surface area (Å²) in [7, 11) is 3.75. The number of thiophene rings is 1. The van der Waals surface area contributed by atoms with Crippen LogP contribution in [0.1, 0.15) is 5.56 Å². The second-order valence-electron chi connectivity index (χ2n) is 7.46. The van der Waals surface area contributed by atoms with Crippen molar-refractivity contribution >= 4 is 45.7 Å². The molecule has 0 radical (unpaired) electrons. The van der Waals surface area contributed by atoms with Crippen molar-refractivity contribution in [1.29, 1.82) is 0 Å². The Balaban J connectivity index is 1.70. The summed E-state index contributed by atoms with van der Waals surface area (Å²) in [6.45, 7) is 1.46. The fraction of sp³-hybridized carbons (Fsp3) is 0.240. The van der Waals surface area contributed by atoms with E-state index in [1.54, 1.807) is 30.2 Å². The van der Waals surface area contributed by atoms with Crippen molar-refractivity contribution in [3.05, 3.63) is 71.6 Å². The van der Waals surface area contributed by atoms with Crippen LogP contribution in [0.15, 0.2) is 70.9 Å². The van der Waals surface area contributed by atoms with Crippen LogP contribution in [0.2, 0.25) is 0 Å². The van der Waals surface area contributed by atoms with E-state index in [-0.39, 0.29) is 6.03 Å². The van der Waals surface area contributed by atoms with Crippen molar-refractivity contribution in [2.45, 2.75) is 11.4 Å². The number of aryl methyl sites for hydroxylation is 1. The monoisotopic (exact) mass is 465 g/mol. The number of thioether (sulfide) groups is 1. The normalized spacial score (nSPS) is 11.1. The molecule has 2 amide bonds. The van der Waals surface area contributed by atoms with Gasteiger partial charge in [0.15, 0.2) is 0 Å². The molecule has 166 valence electrons. The molecule has 0 fully saturated rings. The van der Waals surface area contributed by atoms with E-state index >= 15 is 0 Å². The smallest absolute Gasteiger partial charge is 0.322 e. The maximum absolute atomic E-state index is 13.3. The molecule has 0 saturated heterocycles. The van der Waals surface area contributed by atoms with Crippen LogP contribution in [-0.4, -0.2) is 42.0 Å². The molecule has 5 nitrogen and oxygen atoms in total. The first-order chi connectivity index (χ1) is 15.6. The molecule has 4 rings (SSSR count). The van der Waals surface area contributed by atoms with Gasteiger partial charge in [0, 0.05) is 47.8 Å². The lowest BCUT2D eigenvalue weighted by Crippen LogP contribution is -2.37. The highest BCUT2D eigenvalue weighted by atomic mass is 32.2. The minimum absolute atomic E-state index is 0.134. The molecular formula is C25H27N3O2S2. The standard InChI is InChI=1S/C25H27N3O2S2/c1-27-22-11-5-4-10-20(22)21(24(27)23-12-7-15-32-23)17-28(13-14-30-2)25(29)26-18-8-6-9-19(16-18)31-3/h4-12,15-16H,13-14,17H2,1-3H3,(H,26,29). The van der Waals surface area contributed by atoms with Gasteiger partial charge in [-0.05, 0) is 42.0 Å². The van der Waals surface area contributed by atoms with E-state index in [9.17, 15) is 4.79 Å². The highest BCUT2D eigenvalue weighted by Gasteiger charge is 2.22. The number of methoxy groups -OCH3 is 1. The number of rotatable bonds is 8. The highest BCUT2D eigenvalue weighted by molar-refractivity contribution is 7.98. The summed E-state index contributed by atoms with van der Waals surface area (Å²) in [6, 6.07) is 20.3. The van der Waals surface area contributed by atoms with E-state index in [1.165, 1.54) is 4.88 Å². The summed E-state index contributed by atoms with van der Waals surface area (Å²) < 4.78 is 7.54. The Labute approximate surface area is 197 Å². The number of nitrogens with zero attached hydrogens (tertiary/aromatic N) is 2. The summed E-state index contributed by atoms with van der Waals surface area (Å²) in [5, 5.41) is 6.32. The molecule has 2 aromatic heterocycles. The summed E-state index contributed by atoms with van der Waals surface area (Å²) >= 11 is 3.37. The summed E-state index contributed by atoms with van der Waals surface area (Å²) in [4.78, 5) is 17.4. The molecule has 1 N–H and O–H groups in total. The Bertz CT molecular complexity index is 1200. The lowest BCUT2D eigenvalue weighted by atomic mass is 10.1. The van der Waals surface area contributed by atoms with Gasteiger partial charge in [0.2, 0.25) is 0 Å². The molecule has 2 aromatic carbocycles. The van der Waals surface area contributed by atoms with Gasteiger partial charge in [0.1, 0.15) is 0 Å². The number of ether oxygens (including phenoxy) is 1. The number of benzene rings is 2. The number of carbonyl (C=O) groups excluding carboxylic acids is 1. The van der Waals surface area contributed by atoms with Crippen LogP contribution in [0.25, 0.3) is 21.5 Å². The molecule has 4 aromatic rings. The van der Waals surface area contributed by atoms with Crippen LogP contribution in [-0.2, 0) is 18.3 Å². The topological polar surface area (TPSA) is 46.5 Å². The number of anilines is 1. The molecule has 0 atom stereocenters. The van der Waals surface area contributed by atoms with Crippen molar-refractivity contribution in [3.63, 3.8) is 0 Å². The van der Waals surface area contributed by atoms with E-state index in [0.29, 0.717) is 19.7 Å². The third-order valence-electron chi connectivity index (χ3n) is 5.49. The minimum atomic E-state index is -0.134. The van der Waals surface area contributed by atoms with Gasteiger partial charge in [-0.1, -0.05) is 30.3 Å². The Morgan fingerprint density at radius 2 is 2.00 bits per heavy atom. The Morgan fingerprint density at radius 3 is 2.75 bits per heavy atom. The molecule has 2 heterocycles. The van der Waals surface area contributed by atoms with Crippen LogP contribution in [0.5, 0.6) is 0 Å². The van der Waals surface area contributed by atoms with Crippen molar-refractivity contribution in [2.24, 2.45) is 7.05 Å². The molecule has 0 spiro atoms. The van der Waals surface area contributed by atoms with Gasteiger partial charge in [-0.15, -0.1) is 23.1 Å². The molecular weight excluding hydrogens is 438 g/mol. The van der Waals surface area contributed by atoms with E-state index in [2.05, 4.69) is 58.7 Å². The summed E-state index contributed by atoms with van der Waals surface area (Å²) in [5.41, 5.74) is 4.25. The number of aromatic nitrogens is 1. The zero-order chi connectivity index (χ0) is 22.5. The first-order valence-corrected chi connectivity index (χ1v) is 12.5. The molecule has 7 heteroatoms. The SMILES string of the molecule is COCCN(Cc1c(-c2cccs2)n(C)c2ccccc12)C(=O)Nc1cccc(SC)c1. The van der Waals surface area contributed by atoms with E-state index in [1.807, 2.05) is 35.4 Å². The molecule has 0 saturated carbocycles. The first kappa shape index (κ1) is 22.5. The fourth-order valence-electron chi connectivity index (χ4n) is 3.91. The quantitative estimate of drug-likeness (QED) is 0.310.